The Kier molecular flexibility index (Phi) is 0.908. The minimum absolute atomic E-state index is 0.0741. The van der Waals surface area contributed by atoms with Crippen LogP contribution in [0.3, 0.4) is 0 Å². The average Bonchev–Trinajstić information content (AvgIpc) is 2.08. The highest BCUT2D eigenvalue weighted by Crippen LogP contribution is 2.48. The molecule has 1 rings (SSSR count). The summed E-state index contributed by atoms with van der Waals surface area (Å²) < 4.78 is 12.6. The van der Waals surface area contributed by atoms with Gasteiger partial charge < -0.3 is 10.8 Å². The van der Waals surface area contributed by atoms with Crippen molar-refractivity contribution in [3.8, 4) is 0 Å². The molecule has 1 aliphatic carbocycles. The highest BCUT2D eigenvalue weighted by Gasteiger charge is 2.69. The molecule has 0 aliphatic heterocycles. The van der Waals surface area contributed by atoms with Gasteiger partial charge in [-0.1, -0.05) is 0 Å². The van der Waals surface area contributed by atoms with Crippen LogP contribution in [-0.2, 0) is 4.79 Å². The van der Waals surface area contributed by atoms with Crippen molar-refractivity contribution in [2.45, 2.75) is 24.6 Å². The van der Waals surface area contributed by atoms with Crippen molar-refractivity contribution in [3.63, 3.8) is 0 Å². The first-order chi connectivity index (χ1) is 3.90. The van der Waals surface area contributed by atoms with Crippen LogP contribution in [0.4, 0.5) is 4.39 Å². The molecule has 3 N–H and O–H groups in total. The Labute approximate surface area is 51.7 Å². The molecule has 9 heavy (non-hydrogen) atoms. The van der Waals surface area contributed by atoms with E-state index in [1.54, 1.807) is 0 Å². The van der Waals surface area contributed by atoms with Gasteiger partial charge in [0.25, 0.3) is 0 Å². The van der Waals surface area contributed by atoms with Crippen LogP contribution in [0.5, 0.6) is 0 Å². The van der Waals surface area contributed by atoms with E-state index in [0.717, 1.165) is 0 Å². The second-order valence-corrected chi connectivity index (χ2v) is 2.65. The molecule has 0 spiro atoms. The van der Waals surface area contributed by atoms with Crippen LogP contribution in [0.25, 0.3) is 0 Å². The fourth-order valence-electron chi connectivity index (χ4n) is 0.778. The predicted molar refractivity (Wildman–Crippen MR) is 28.7 cm³/mol. The van der Waals surface area contributed by atoms with E-state index in [9.17, 15) is 9.18 Å². The lowest BCUT2D eigenvalue weighted by atomic mass is 10.2. The van der Waals surface area contributed by atoms with Crippen molar-refractivity contribution in [2.75, 3.05) is 0 Å². The first kappa shape index (κ1) is 6.48. The zero-order valence-electron chi connectivity index (χ0n) is 5.02. The number of nitrogens with two attached hydrogens (primary N) is 1. The maximum atomic E-state index is 12.6. The first-order valence-corrected chi connectivity index (χ1v) is 2.61. The van der Waals surface area contributed by atoms with Gasteiger partial charge in [-0.05, 0) is 6.92 Å². The molecule has 1 aliphatic rings. The van der Waals surface area contributed by atoms with E-state index >= 15 is 0 Å². The molecule has 0 heterocycles. The summed E-state index contributed by atoms with van der Waals surface area (Å²) in [4.78, 5) is 10.1. The molecule has 0 bridgehead atoms. The SMILES string of the molecule is C[C@]1(F)C[C@@]1(N)C(=O)O. The van der Waals surface area contributed by atoms with Gasteiger partial charge in [-0.25, -0.2) is 4.39 Å². The highest BCUT2D eigenvalue weighted by atomic mass is 19.1. The number of halogens is 1. The number of hydrogen-bond donors (Lipinski definition) is 2. The molecule has 1 fully saturated rings. The Balaban J connectivity index is 2.74. The van der Waals surface area contributed by atoms with Crippen LogP contribution in [0.2, 0.25) is 0 Å². The standard InChI is InChI=1S/C5H8FNO2/c1-4(6)2-5(4,7)3(8)9/h2,7H2,1H3,(H,8,9)/t4-,5+/m0/s1. The third-order valence-corrected chi connectivity index (χ3v) is 1.80. The molecule has 0 aromatic heterocycles. The third kappa shape index (κ3) is 0.627. The van der Waals surface area contributed by atoms with Gasteiger partial charge in [0.1, 0.15) is 5.67 Å². The fraction of sp³-hybridized carbons (Fsp3) is 0.800. The number of carboxylic acid groups (broad SMARTS) is 1. The average molecular weight is 133 g/mol. The van der Waals surface area contributed by atoms with Crippen LogP contribution in [-0.4, -0.2) is 22.3 Å². The summed E-state index contributed by atoms with van der Waals surface area (Å²) in [6.07, 6.45) is -0.0741. The predicted octanol–water partition coefficient (Wildman–Crippen LogP) is -0.0996. The van der Waals surface area contributed by atoms with E-state index in [2.05, 4.69) is 0 Å². The van der Waals surface area contributed by atoms with Crippen molar-refractivity contribution in [2.24, 2.45) is 5.73 Å². The largest absolute Gasteiger partial charge is 0.480 e. The Morgan fingerprint density at radius 1 is 1.89 bits per heavy atom. The first-order valence-electron chi connectivity index (χ1n) is 2.61. The zero-order valence-corrected chi connectivity index (χ0v) is 5.02. The van der Waals surface area contributed by atoms with Gasteiger partial charge in [-0.15, -0.1) is 0 Å². The van der Waals surface area contributed by atoms with Gasteiger partial charge in [0, 0.05) is 6.42 Å². The Bertz CT molecular complexity index is 168. The smallest absolute Gasteiger partial charge is 0.327 e. The molecule has 0 aromatic carbocycles. The summed E-state index contributed by atoms with van der Waals surface area (Å²) in [6, 6.07) is 0. The van der Waals surface area contributed by atoms with Crippen molar-refractivity contribution in [1.29, 1.82) is 0 Å². The number of aliphatic carboxylic acids is 1. The molecule has 0 aromatic rings. The maximum absolute atomic E-state index is 12.6. The summed E-state index contributed by atoms with van der Waals surface area (Å²) in [5, 5.41) is 8.28. The summed E-state index contributed by atoms with van der Waals surface area (Å²) in [5.74, 6) is -1.26. The Hall–Kier alpha value is -0.640. The normalized spacial score (nSPS) is 48.8. The number of alkyl halides is 1. The number of rotatable bonds is 1. The summed E-state index contributed by atoms with van der Waals surface area (Å²) in [6.45, 7) is 1.20. The Morgan fingerprint density at radius 3 is 2.22 bits per heavy atom. The summed E-state index contributed by atoms with van der Waals surface area (Å²) in [5.41, 5.74) is 1.79. The molecule has 0 saturated heterocycles. The third-order valence-electron chi connectivity index (χ3n) is 1.80. The van der Waals surface area contributed by atoms with Crippen LogP contribution < -0.4 is 5.73 Å². The van der Waals surface area contributed by atoms with E-state index in [4.69, 9.17) is 10.8 Å². The molecule has 0 radical (unpaired) electrons. The van der Waals surface area contributed by atoms with Gasteiger partial charge >= 0.3 is 5.97 Å². The number of carboxylic acids is 1. The fourth-order valence-corrected chi connectivity index (χ4v) is 0.778. The van der Waals surface area contributed by atoms with E-state index < -0.39 is 17.2 Å². The minimum atomic E-state index is -1.70. The lowest BCUT2D eigenvalue weighted by Crippen LogP contribution is -2.39. The van der Waals surface area contributed by atoms with Crippen LogP contribution in [0, 0.1) is 0 Å². The van der Waals surface area contributed by atoms with E-state index in [-0.39, 0.29) is 6.42 Å². The second kappa shape index (κ2) is 1.26. The Morgan fingerprint density at radius 2 is 2.22 bits per heavy atom. The van der Waals surface area contributed by atoms with E-state index in [1.807, 2.05) is 0 Å². The lowest BCUT2D eigenvalue weighted by Gasteiger charge is -2.03. The molecular formula is C5H8FNO2. The van der Waals surface area contributed by atoms with Crippen LogP contribution >= 0.6 is 0 Å². The van der Waals surface area contributed by atoms with Gasteiger partial charge in [0.2, 0.25) is 0 Å². The molecule has 0 amide bonds. The number of carbonyl (C=O) groups is 1. The molecule has 0 unspecified atom stereocenters. The molecule has 3 nitrogen and oxygen atoms in total. The molecule has 4 heteroatoms. The van der Waals surface area contributed by atoms with Crippen LogP contribution in [0.1, 0.15) is 13.3 Å². The summed E-state index contributed by atoms with van der Waals surface area (Å²) in [7, 11) is 0. The van der Waals surface area contributed by atoms with Crippen molar-refractivity contribution in [3.05, 3.63) is 0 Å². The second-order valence-electron chi connectivity index (χ2n) is 2.65. The topological polar surface area (TPSA) is 63.3 Å². The quantitative estimate of drug-likeness (QED) is 0.525. The molecule has 52 valence electrons. The maximum Gasteiger partial charge on any atom is 0.327 e. The van der Waals surface area contributed by atoms with Crippen molar-refractivity contribution < 1.29 is 14.3 Å². The van der Waals surface area contributed by atoms with Gasteiger partial charge in [-0.2, -0.15) is 0 Å². The summed E-state index contributed by atoms with van der Waals surface area (Å²) >= 11 is 0. The molecule has 1 saturated carbocycles. The molecular weight excluding hydrogens is 125 g/mol. The van der Waals surface area contributed by atoms with E-state index in [1.165, 1.54) is 6.92 Å². The lowest BCUT2D eigenvalue weighted by molar-refractivity contribution is -0.140. The van der Waals surface area contributed by atoms with Crippen molar-refractivity contribution >= 4 is 5.97 Å². The molecule has 2 atom stereocenters. The van der Waals surface area contributed by atoms with Gasteiger partial charge in [-0.3, -0.25) is 4.79 Å². The monoisotopic (exact) mass is 133 g/mol. The minimum Gasteiger partial charge on any atom is -0.480 e. The van der Waals surface area contributed by atoms with Crippen LogP contribution in [0.15, 0.2) is 0 Å². The number of hydrogen-bond acceptors (Lipinski definition) is 2. The van der Waals surface area contributed by atoms with Gasteiger partial charge in [0.05, 0.1) is 0 Å². The highest BCUT2D eigenvalue weighted by molar-refractivity contribution is 5.85. The van der Waals surface area contributed by atoms with Crippen molar-refractivity contribution in [1.82, 2.24) is 0 Å². The zero-order chi connectivity index (χ0) is 7.28. The van der Waals surface area contributed by atoms with E-state index in [0.29, 0.717) is 0 Å². The van der Waals surface area contributed by atoms with Gasteiger partial charge in [0.15, 0.2) is 5.54 Å².